The first-order valence-corrected chi connectivity index (χ1v) is 11.0. The number of alkyl halides is 16. The molecule has 0 atom stereocenters. The second-order valence-electron chi connectivity index (χ2n) is 7.74. The van der Waals surface area contributed by atoms with Gasteiger partial charge in [-0.25, -0.2) is 13.6 Å². The number of hydrogen-bond acceptors (Lipinski definition) is 4. The Morgan fingerprint density at radius 1 is 0.775 bits per heavy atom. The van der Waals surface area contributed by atoms with Crippen molar-refractivity contribution in [3.05, 3.63) is 16.0 Å². The number of aryl methyl sites for hydroxylation is 1. The Hall–Kier alpha value is -2.48. The van der Waals surface area contributed by atoms with Crippen LogP contribution in [0.2, 0.25) is 0 Å². The fourth-order valence-corrected chi connectivity index (χ4v) is 4.10. The van der Waals surface area contributed by atoms with Gasteiger partial charge in [0.05, 0.1) is 12.2 Å². The highest BCUT2D eigenvalue weighted by Crippen LogP contribution is 2.62. The Morgan fingerprint density at radius 2 is 1.20 bits per heavy atom. The van der Waals surface area contributed by atoms with E-state index in [4.69, 9.17) is 0 Å². The van der Waals surface area contributed by atoms with E-state index >= 15 is 0 Å². The lowest BCUT2D eigenvalue weighted by molar-refractivity contribution is -0.443. The third-order valence-electron chi connectivity index (χ3n) is 5.22. The van der Waals surface area contributed by atoms with Crippen molar-refractivity contribution in [2.45, 2.75) is 75.1 Å². The lowest BCUT2D eigenvalue weighted by Crippen LogP contribution is -2.74. The minimum Gasteiger partial charge on any atom is -0.462 e. The molecule has 4 nitrogen and oxygen atoms in total. The summed E-state index contributed by atoms with van der Waals surface area (Å²) in [6.07, 6.45) is -6.07. The van der Waals surface area contributed by atoms with Gasteiger partial charge in [-0.2, -0.15) is 61.5 Å². The maximum atomic E-state index is 14.2. The highest BCUT2D eigenvalue weighted by atomic mass is 32.1. The van der Waals surface area contributed by atoms with Crippen molar-refractivity contribution in [1.29, 1.82) is 0 Å². The molecule has 1 aromatic rings. The molecule has 0 aliphatic heterocycles. The van der Waals surface area contributed by atoms with Crippen LogP contribution in [0.1, 0.15) is 34.6 Å². The van der Waals surface area contributed by atoms with Gasteiger partial charge in [-0.3, -0.25) is 4.79 Å². The zero-order valence-electron chi connectivity index (χ0n) is 19.7. The van der Waals surface area contributed by atoms with Gasteiger partial charge >= 0.3 is 59.8 Å². The minimum absolute atomic E-state index is 0.0228. The minimum atomic E-state index is -8.62. The Bertz CT molecular complexity index is 1120. The number of carbonyl (C=O) groups excluding carboxylic acids is 2. The number of nitrogens with one attached hydrogen (secondary N) is 1. The summed E-state index contributed by atoms with van der Waals surface area (Å²) in [5, 5.41) is -0.261. The highest BCUT2D eigenvalue weighted by Gasteiger charge is 2.94. The van der Waals surface area contributed by atoms with Crippen molar-refractivity contribution in [1.82, 2.24) is 0 Å². The van der Waals surface area contributed by atoms with Gasteiger partial charge in [0, 0.05) is 4.88 Å². The molecule has 0 saturated carbocycles. The van der Waals surface area contributed by atoms with Gasteiger partial charge in [-0.15, -0.1) is 11.3 Å². The number of amides is 1. The Kier molecular flexibility index (Phi) is 9.54. The number of ether oxygens (including phenoxy) is 1. The summed E-state index contributed by atoms with van der Waals surface area (Å²) in [5.41, 5.74) is -0.843. The zero-order chi connectivity index (χ0) is 32.1. The first kappa shape index (κ1) is 35.5. The topological polar surface area (TPSA) is 55.4 Å². The summed E-state index contributed by atoms with van der Waals surface area (Å²) in [4.78, 5) is 24.0. The monoisotopic (exact) mass is 641 g/mol. The Balaban J connectivity index is 3.65. The van der Waals surface area contributed by atoms with Crippen LogP contribution in [0.5, 0.6) is 0 Å². The second-order valence-corrected chi connectivity index (χ2v) is 8.96. The van der Waals surface area contributed by atoms with E-state index in [2.05, 4.69) is 4.74 Å². The number of anilines is 1. The molecule has 21 heteroatoms. The zero-order valence-corrected chi connectivity index (χ0v) is 20.5. The third kappa shape index (κ3) is 4.94. The molecule has 0 aliphatic rings. The lowest BCUT2D eigenvalue weighted by Gasteiger charge is -2.42. The smallest absolute Gasteiger partial charge is 0.393 e. The van der Waals surface area contributed by atoms with E-state index in [0.717, 1.165) is 5.32 Å². The van der Waals surface area contributed by atoms with E-state index in [-0.39, 0.29) is 34.8 Å². The molecule has 232 valence electrons. The molecule has 1 aromatic heterocycles. The summed E-state index contributed by atoms with van der Waals surface area (Å²) in [7, 11) is 0. The van der Waals surface area contributed by atoms with Gasteiger partial charge in [0.15, 0.2) is 0 Å². The molecule has 0 bridgehead atoms. The van der Waals surface area contributed by atoms with Crippen LogP contribution in [0.15, 0.2) is 0 Å². The van der Waals surface area contributed by atoms with Gasteiger partial charge in [0.25, 0.3) is 0 Å². The van der Waals surface area contributed by atoms with Crippen molar-refractivity contribution >= 4 is 28.2 Å². The molecular formula is C19H15F16NO3S. The van der Waals surface area contributed by atoms with E-state index in [1.807, 2.05) is 0 Å². The summed E-state index contributed by atoms with van der Waals surface area (Å²) < 4.78 is 220. The molecule has 0 aliphatic carbocycles. The van der Waals surface area contributed by atoms with Gasteiger partial charge in [-0.05, 0) is 25.8 Å². The van der Waals surface area contributed by atoms with Crippen LogP contribution in [0.25, 0.3) is 0 Å². The summed E-state index contributed by atoms with van der Waals surface area (Å²) in [6.45, 7) is 3.38. The number of esters is 1. The summed E-state index contributed by atoms with van der Waals surface area (Å²) in [5.74, 6) is -61.8. The predicted octanol–water partition coefficient (Wildman–Crippen LogP) is 7.45. The van der Waals surface area contributed by atoms with Crippen LogP contribution in [0.3, 0.4) is 0 Å². The van der Waals surface area contributed by atoms with Crippen LogP contribution in [-0.4, -0.2) is 66.4 Å². The Morgan fingerprint density at radius 3 is 1.60 bits per heavy atom. The van der Waals surface area contributed by atoms with Crippen LogP contribution in [-0.2, 0) is 16.0 Å². The maximum Gasteiger partial charge on any atom is 0.393 e. The molecule has 0 fully saturated rings. The third-order valence-corrected chi connectivity index (χ3v) is 6.28. The normalized spacial score (nSPS) is 14.5. The van der Waals surface area contributed by atoms with Gasteiger partial charge in [0.1, 0.15) is 5.00 Å². The molecule has 1 rings (SSSR count). The van der Waals surface area contributed by atoms with Crippen molar-refractivity contribution in [3.8, 4) is 0 Å². The van der Waals surface area contributed by atoms with Gasteiger partial charge in [0.2, 0.25) is 0 Å². The average Bonchev–Trinajstić information content (AvgIpc) is 3.12. The predicted molar refractivity (Wildman–Crippen MR) is 104 cm³/mol. The number of rotatable bonds is 12. The first-order valence-electron chi connectivity index (χ1n) is 10.2. The fraction of sp³-hybridized carbons (Fsp3) is 0.684. The van der Waals surface area contributed by atoms with Crippen molar-refractivity contribution in [3.63, 3.8) is 0 Å². The molecule has 1 N–H and O–H groups in total. The van der Waals surface area contributed by atoms with Crippen molar-refractivity contribution in [2.75, 3.05) is 11.9 Å². The van der Waals surface area contributed by atoms with E-state index in [1.165, 1.54) is 20.8 Å². The second kappa shape index (κ2) is 10.7. The first-order chi connectivity index (χ1) is 17.7. The van der Waals surface area contributed by atoms with E-state index in [1.54, 1.807) is 0 Å². The molecule has 0 aromatic carbocycles. The van der Waals surface area contributed by atoms with Crippen molar-refractivity contribution < 1.29 is 84.6 Å². The number of thiophene rings is 1. The van der Waals surface area contributed by atoms with E-state index < -0.39 is 70.3 Å². The number of hydrogen-bond donors (Lipinski definition) is 1. The molecule has 0 unspecified atom stereocenters. The van der Waals surface area contributed by atoms with Crippen LogP contribution in [0, 0.1) is 6.92 Å². The molecule has 1 amide bonds. The lowest BCUT2D eigenvalue weighted by atomic mass is 9.89. The van der Waals surface area contributed by atoms with Crippen molar-refractivity contribution in [2.24, 2.45) is 0 Å². The quantitative estimate of drug-likeness (QED) is 0.191. The number of carbonyl (C=O) groups is 2. The van der Waals surface area contributed by atoms with Gasteiger partial charge < -0.3 is 10.1 Å². The number of halogens is 16. The molecule has 0 radical (unpaired) electrons. The highest BCUT2D eigenvalue weighted by molar-refractivity contribution is 7.16. The molecular weight excluding hydrogens is 626 g/mol. The Labute approximate surface area is 216 Å². The fourth-order valence-electron chi connectivity index (χ4n) is 2.97. The average molecular weight is 641 g/mol. The van der Waals surface area contributed by atoms with Crippen LogP contribution in [0.4, 0.5) is 75.2 Å². The van der Waals surface area contributed by atoms with Crippen LogP contribution < -0.4 is 5.32 Å². The maximum absolute atomic E-state index is 14.2. The van der Waals surface area contributed by atoms with E-state index in [9.17, 15) is 79.8 Å². The molecule has 1 heterocycles. The van der Waals surface area contributed by atoms with Gasteiger partial charge in [-0.1, -0.05) is 6.92 Å². The van der Waals surface area contributed by atoms with Crippen LogP contribution >= 0.6 is 11.3 Å². The molecule has 0 spiro atoms. The van der Waals surface area contributed by atoms with E-state index in [0.29, 0.717) is 0 Å². The standard InChI is InChI=1S/C19H15F16NO3S/c1-4-7-6(3)40-9(8(7)10(37)39-5-2)36-12(38)14(24,25)16(28,29)18(32,33)19(34,35)17(30,31)15(26,27)13(22,23)11(20)21/h11H,4-5H2,1-3H3,(H,36,38). The molecule has 40 heavy (non-hydrogen) atoms. The SMILES string of the molecule is CCOC(=O)c1c(NC(=O)C(F)(F)C(F)(F)C(F)(F)C(F)(F)C(F)(F)C(F)(F)C(F)(F)C(F)F)sc(C)c1CC. The summed E-state index contributed by atoms with van der Waals surface area (Å²) in [6, 6.07) is 0. The largest absolute Gasteiger partial charge is 0.462 e. The summed E-state index contributed by atoms with van der Waals surface area (Å²) >= 11 is 0.181. The molecule has 0 saturated heterocycles.